The van der Waals surface area contributed by atoms with E-state index in [9.17, 15) is 4.79 Å². The average Bonchev–Trinajstić information content (AvgIpc) is 3.23. The van der Waals surface area contributed by atoms with Gasteiger partial charge in [0.2, 0.25) is 11.1 Å². The molecule has 0 saturated carbocycles. The lowest BCUT2D eigenvalue weighted by Crippen LogP contribution is -2.29. The third-order valence-corrected chi connectivity index (χ3v) is 5.93. The fourth-order valence-corrected chi connectivity index (χ4v) is 4.21. The van der Waals surface area contributed by atoms with E-state index in [1.807, 2.05) is 68.4 Å². The van der Waals surface area contributed by atoms with Crippen LogP contribution < -0.4 is 10.1 Å². The van der Waals surface area contributed by atoms with E-state index >= 15 is 0 Å². The number of carbonyl (C=O) groups excluding carboxylic acids is 1. The van der Waals surface area contributed by atoms with Gasteiger partial charge in [-0.1, -0.05) is 68.1 Å². The number of esters is 1. The van der Waals surface area contributed by atoms with Gasteiger partial charge in [0.25, 0.3) is 0 Å². The highest BCUT2D eigenvalue weighted by atomic mass is 32.2. The van der Waals surface area contributed by atoms with Gasteiger partial charge in [-0.25, -0.2) is 9.48 Å². The zero-order chi connectivity index (χ0) is 23.2. The lowest BCUT2D eigenvalue weighted by atomic mass is 9.96. The van der Waals surface area contributed by atoms with Crippen molar-refractivity contribution < 1.29 is 14.3 Å². The molecule has 0 spiro atoms. The van der Waals surface area contributed by atoms with Gasteiger partial charge in [-0.05, 0) is 42.4 Å². The second-order valence-corrected chi connectivity index (χ2v) is 8.87. The second kappa shape index (κ2) is 10.6. The maximum Gasteiger partial charge on any atom is 0.338 e. The van der Waals surface area contributed by atoms with E-state index in [4.69, 9.17) is 9.47 Å². The molecule has 0 fully saturated rings. The zero-order valence-corrected chi connectivity index (χ0v) is 19.9. The number of thioether (sulfide) groups is 1. The highest BCUT2D eigenvalue weighted by Gasteiger charge is 2.35. The summed E-state index contributed by atoms with van der Waals surface area (Å²) in [6.07, 6.45) is 0.759. The minimum atomic E-state index is -0.438. The van der Waals surface area contributed by atoms with E-state index < -0.39 is 6.04 Å². The van der Waals surface area contributed by atoms with Crippen molar-refractivity contribution >= 4 is 23.7 Å². The maximum absolute atomic E-state index is 13.0. The molecule has 0 aliphatic carbocycles. The SMILES string of the molecule is CCCOC(=O)C1=C(C)Nc2nc(SCC)nn2C1c1ccc(OCc2ccccc2)cc1. The molecule has 33 heavy (non-hydrogen) atoms. The van der Waals surface area contributed by atoms with Gasteiger partial charge in [0.05, 0.1) is 12.2 Å². The lowest BCUT2D eigenvalue weighted by molar-refractivity contribution is -0.139. The first-order valence-electron chi connectivity index (χ1n) is 11.1. The summed E-state index contributed by atoms with van der Waals surface area (Å²) in [6, 6.07) is 17.4. The molecule has 2 aromatic carbocycles. The normalized spacial score (nSPS) is 15.1. The summed E-state index contributed by atoms with van der Waals surface area (Å²) < 4.78 is 13.2. The fourth-order valence-electron chi connectivity index (χ4n) is 3.65. The molecule has 1 aliphatic heterocycles. The Balaban J connectivity index is 1.63. The molecule has 0 bridgehead atoms. The van der Waals surface area contributed by atoms with Crippen LogP contribution in [0, 0.1) is 0 Å². The van der Waals surface area contributed by atoms with Gasteiger partial charge in [0, 0.05) is 5.70 Å². The number of ether oxygens (including phenoxy) is 2. The number of fused-ring (bicyclic) bond motifs is 1. The van der Waals surface area contributed by atoms with E-state index in [-0.39, 0.29) is 5.97 Å². The van der Waals surface area contributed by atoms with Crippen molar-refractivity contribution in [2.75, 3.05) is 17.7 Å². The molecule has 1 N–H and O–H groups in total. The monoisotopic (exact) mass is 464 g/mol. The predicted octanol–water partition coefficient (Wildman–Crippen LogP) is 5.21. The van der Waals surface area contributed by atoms with Crippen molar-refractivity contribution in [1.29, 1.82) is 0 Å². The predicted molar refractivity (Wildman–Crippen MR) is 129 cm³/mol. The van der Waals surface area contributed by atoms with Crippen LogP contribution in [0.2, 0.25) is 0 Å². The number of carbonyl (C=O) groups is 1. The number of aromatic nitrogens is 3. The van der Waals surface area contributed by atoms with Crippen LogP contribution in [0.1, 0.15) is 44.4 Å². The number of nitrogens with one attached hydrogen (secondary N) is 1. The quantitative estimate of drug-likeness (QED) is 0.344. The first kappa shape index (κ1) is 22.9. The van der Waals surface area contributed by atoms with Gasteiger partial charge in [0.1, 0.15) is 18.4 Å². The molecule has 1 unspecified atom stereocenters. The van der Waals surface area contributed by atoms with Crippen LogP contribution in [-0.4, -0.2) is 33.1 Å². The molecule has 2 heterocycles. The zero-order valence-electron chi connectivity index (χ0n) is 19.1. The number of rotatable bonds is 9. The van der Waals surface area contributed by atoms with Crippen LogP contribution in [0.15, 0.2) is 71.0 Å². The van der Waals surface area contributed by atoms with E-state index in [1.54, 1.807) is 16.4 Å². The highest BCUT2D eigenvalue weighted by molar-refractivity contribution is 7.99. The smallest absolute Gasteiger partial charge is 0.338 e. The Labute approximate surface area is 198 Å². The Hall–Kier alpha value is -3.26. The van der Waals surface area contributed by atoms with Crippen molar-refractivity contribution in [2.24, 2.45) is 0 Å². The number of anilines is 1. The number of hydrogen-bond acceptors (Lipinski definition) is 7. The van der Waals surface area contributed by atoms with E-state index in [1.165, 1.54) is 0 Å². The topological polar surface area (TPSA) is 78.3 Å². The number of allylic oxidation sites excluding steroid dienone is 1. The van der Waals surface area contributed by atoms with Crippen LogP contribution in [0.4, 0.5) is 5.95 Å². The minimum absolute atomic E-state index is 0.345. The van der Waals surface area contributed by atoms with Crippen molar-refractivity contribution in [2.45, 2.75) is 45.0 Å². The first-order chi connectivity index (χ1) is 16.1. The molecule has 0 saturated heterocycles. The summed E-state index contributed by atoms with van der Waals surface area (Å²) in [7, 11) is 0. The van der Waals surface area contributed by atoms with E-state index in [2.05, 4.69) is 22.3 Å². The molecular weight excluding hydrogens is 436 g/mol. The standard InChI is InChI=1S/C25H28N4O3S/c1-4-15-31-23(30)21-17(3)26-24-27-25(33-5-2)28-29(24)22(21)19-11-13-20(14-12-19)32-16-18-9-7-6-8-10-18/h6-14,22H,4-5,15-16H2,1-3H3,(H,26,27,28). The molecule has 1 atom stereocenters. The second-order valence-electron chi connectivity index (χ2n) is 7.64. The van der Waals surface area contributed by atoms with Crippen LogP contribution in [-0.2, 0) is 16.1 Å². The van der Waals surface area contributed by atoms with Gasteiger partial charge < -0.3 is 14.8 Å². The fraction of sp³-hybridized carbons (Fsp3) is 0.320. The summed E-state index contributed by atoms with van der Waals surface area (Å²) in [6.45, 7) is 6.77. The first-order valence-corrected chi connectivity index (χ1v) is 12.1. The average molecular weight is 465 g/mol. The Morgan fingerprint density at radius 1 is 1.12 bits per heavy atom. The molecular formula is C25H28N4O3S. The summed E-state index contributed by atoms with van der Waals surface area (Å²) >= 11 is 1.56. The van der Waals surface area contributed by atoms with Crippen molar-refractivity contribution in [3.05, 3.63) is 77.0 Å². The summed E-state index contributed by atoms with van der Waals surface area (Å²) in [4.78, 5) is 17.6. The Morgan fingerprint density at radius 3 is 2.58 bits per heavy atom. The number of nitrogens with zero attached hydrogens (tertiary/aromatic N) is 3. The third kappa shape index (κ3) is 5.22. The number of hydrogen-bond donors (Lipinski definition) is 1. The van der Waals surface area contributed by atoms with E-state index in [0.29, 0.717) is 29.9 Å². The Morgan fingerprint density at radius 2 is 1.88 bits per heavy atom. The molecule has 1 aliphatic rings. The molecule has 0 amide bonds. The molecule has 0 radical (unpaired) electrons. The minimum Gasteiger partial charge on any atom is -0.489 e. The molecule has 8 heteroatoms. The third-order valence-electron chi connectivity index (χ3n) is 5.21. The van der Waals surface area contributed by atoms with Crippen molar-refractivity contribution in [1.82, 2.24) is 14.8 Å². The van der Waals surface area contributed by atoms with Gasteiger partial charge in [-0.2, -0.15) is 4.98 Å². The summed E-state index contributed by atoms with van der Waals surface area (Å²) in [5.41, 5.74) is 3.27. The van der Waals surface area contributed by atoms with Crippen LogP contribution in [0.5, 0.6) is 5.75 Å². The van der Waals surface area contributed by atoms with Gasteiger partial charge >= 0.3 is 5.97 Å². The highest BCUT2D eigenvalue weighted by Crippen LogP contribution is 2.37. The Bertz CT molecular complexity index is 1130. The van der Waals surface area contributed by atoms with Crippen LogP contribution >= 0.6 is 11.8 Å². The molecule has 4 rings (SSSR count). The Kier molecular flexibility index (Phi) is 7.34. The summed E-state index contributed by atoms with van der Waals surface area (Å²) in [5, 5.41) is 8.57. The van der Waals surface area contributed by atoms with Gasteiger partial charge in [0.15, 0.2) is 0 Å². The molecule has 3 aromatic rings. The maximum atomic E-state index is 13.0. The van der Waals surface area contributed by atoms with Crippen LogP contribution in [0.25, 0.3) is 0 Å². The lowest BCUT2D eigenvalue weighted by Gasteiger charge is -2.28. The number of benzene rings is 2. The van der Waals surface area contributed by atoms with Gasteiger partial charge in [-0.15, -0.1) is 5.10 Å². The van der Waals surface area contributed by atoms with Crippen molar-refractivity contribution in [3.8, 4) is 5.75 Å². The van der Waals surface area contributed by atoms with E-state index in [0.717, 1.165) is 34.7 Å². The largest absolute Gasteiger partial charge is 0.489 e. The molecule has 7 nitrogen and oxygen atoms in total. The summed E-state index contributed by atoms with van der Waals surface area (Å²) in [5.74, 6) is 1.89. The van der Waals surface area contributed by atoms with Crippen LogP contribution in [0.3, 0.4) is 0 Å². The molecule has 172 valence electrons. The van der Waals surface area contributed by atoms with Gasteiger partial charge in [-0.3, -0.25) is 0 Å². The molecule has 1 aromatic heterocycles. The van der Waals surface area contributed by atoms with Crippen molar-refractivity contribution in [3.63, 3.8) is 0 Å².